The molecule has 0 N–H and O–H groups in total. The molecular formula is C11H13ClO2S. The maximum atomic E-state index is 10.7. The molecule has 0 aliphatic rings. The minimum atomic E-state index is -3.38. The summed E-state index contributed by atoms with van der Waals surface area (Å²) in [7, 11) is 1.75. The molecule has 0 saturated heterocycles. The van der Waals surface area contributed by atoms with Gasteiger partial charge < -0.3 is 0 Å². The van der Waals surface area contributed by atoms with E-state index in [0.717, 1.165) is 11.1 Å². The van der Waals surface area contributed by atoms with Crippen molar-refractivity contribution in [1.29, 1.82) is 0 Å². The molecule has 0 fully saturated rings. The zero-order valence-corrected chi connectivity index (χ0v) is 10.1. The Hall–Kier alpha value is -0.800. The third-order valence-corrected chi connectivity index (χ3v) is 3.11. The van der Waals surface area contributed by atoms with Gasteiger partial charge in [-0.15, -0.1) is 0 Å². The van der Waals surface area contributed by atoms with Crippen LogP contribution in [-0.4, -0.2) is 14.2 Å². The quantitative estimate of drug-likeness (QED) is 0.763. The molecule has 0 unspecified atom stereocenters. The molecule has 0 amide bonds. The first-order valence-corrected chi connectivity index (χ1v) is 7.10. The van der Waals surface area contributed by atoms with Gasteiger partial charge in [0.15, 0.2) is 0 Å². The summed E-state index contributed by atoms with van der Waals surface area (Å²) in [5.74, 6) is -0.0102. The van der Waals surface area contributed by atoms with Gasteiger partial charge in [-0.25, -0.2) is 8.42 Å². The van der Waals surface area contributed by atoms with Crippen LogP contribution in [0.15, 0.2) is 35.9 Å². The van der Waals surface area contributed by atoms with E-state index in [1.54, 1.807) is 0 Å². The van der Waals surface area contributed by atoms with Crippen LogP contribution in [0.2, 0.25) is 0 Å². The van der Waals surface area contributed by atoms with Crippen LogP contribution in [0.25, 0.3) is 6.08 Å². The van der Waals surface area contributed by atoms with Crippen LogP contribution in [-0.2, 0) is 9.05 Å². The minimum Gasteiger partial charge on any atom is -0.212 e. The third kappa shape index (κ3) is 5.60. The van der Waals surface area contributed by atoms with E-state index in [2.05, 4.69) is 0 Å². The van der Waals surface area contributed by atoms with Gasteiger partial charge in [-0.05, 0) is 18.9 Å². The van der Waals surface area contributed by atoms with Crippen LogP contribution in [0.4, 0.5) is 0 Å². The SMILES string of the molecule is C/C(=C\c1ccccc1)CCS(=O)(=O)Cl. The Bertz CT molecular complexity index is 435. The molecule has 0 radical (unpaired) electrons. The minimum absolute atomic E-state index is 0.0102. The average molecular weight is 245 g/mol. The predicted octanol–water partition coefficient (Wildman–Crippen LogP) is 3.05. The van der Waals surface area contributed by atoms with Crippen molar-refractivity contribution >= 4 is 25.8 Å². The second kappa shape index (κ2) is 5.33. The van der Waals surface area contributed by atoms with E-state index < -0.39 is 9.05 Å². The maximum absolute atomic E-state index is 10.7. The zero-order valence-electron chi connectivity index (χ0n) is 8.48. The first-order chi connectivity index (χ1) is 6.97. The fourth-order valence-electron chi connectivity index (χ4n) is 1.19. The number of hydrogen-bond acceptors (Lipinski definition) is 2. The lowest BCUT2D eigenvalue weighted by molar-refractivity contribution is 0.609. The molecule has 1 rings (SSSR count). The van der Waals surface area contributed by atoms with Gasteiger partial charge in [0.1, 0.15) is 0 Å². The fourth-order valence-corrected chi connectivity index (χ4v) is 1.99. The van der Waals surface area contributed by atoms with Gasteiger partial charge in [-0.1, -0.05) is 42.0 Å². The zero-order chi connectivity index (χ0) is 11.3. The lowest BCUT2D eigenvalue weighted by Gasteiger charge is -1.99. The molecule has 0 aromatic heterocycles. The van der Waals surface area contributed by atoms with E-state index in [-0.39, 0.29) is 5.75 Å². The molecule has 0 aliphatic heterocycles. The highest BCUT2D eigenvalue weighted by molar-refractivity contribution is 8.13. The Morgan fingerprint density at radius 2 is 1.93 bits per heavy atom. The lowest BCUT2D eigenvalue weighted by atomic mass is 10.1. The number of halogens is 1. The largest absolute Gasteiger partial charge is 0.232 e. The van der Waals surface area contributed by atoms with Crippen LogP contribution in [0.1, 0.15) is 18.9 Å². The van der Waals surface area contributed by atoms with Crippen LogP contribution in [0, 0.1) is 0 Å². The molecule has 82 valence electrons. The van der Waals surface area contributed by atoms with Crippen molar-refractivity contribution in [3.8, 4) is 0 Å². The summed E-state index contributed by atoms with van der Waals surface area (Å²) in [5, 5.41) is 0. The predicted molar refractivity (Wildman–Crippen MR) is 64.3 cm³/mol. The normalized spacial score (nSPS) is 12.8. The van der Waals surface area contributed by atoms with Crippen LogP contribution >= 0.6 is 10.7 Å². The third-order valence-electron chi connectivity index (χ3n) is 1.95. The van der Waals surface area contributed by atoms with Crippen LogP contribution < -0.4 is 0 Å². The number of benzene rings is 1. The fraction of sp³-hybridized carbons (Fsp3) is 0.273. The van der Waals surface area contributed by atoms with Gasteiger partial charge in [-0.2, -0.15) is 0 Å². The molecule has 2 nitrogen and oxygen atoms in total. The first-order valence-electron chi connectivity index (χ1n) is 4.62. The Labute approximate surface area is 95.0 Å². The van der Waals surface area contributed by atoms with Crippen molar-refractivity contribution in [2.45, 2.75) is 13.3 Å². The standard InChI is InChI=1S/C11H13ClO2S/c1-10(7-8-15(12,13)14)9-11-5-3-2-4-6-11/h2-6,9H,7-8H2,1H3/b10-9+. The summed E-state index contributed by atoms with van der Waals surface area (Å²) in [6, 6.07) is 9.77. The molecule has 1 aromatic rings. The summed E-state index contributed by atoms with van der Waals surface area (Å²) < 4.78 is 21.5. The summed E-state index contributed by atoms with van der Waals surface area (Å²) in [6.07, 6.45) is 2.43. The van der Waals surface area contributed by atoms with Crippen molar-refractivity contribution in [3.05, 3.63) is 41.5 Å². The van der Waals surface area contributed by atoms with Gasteiger partial charge in [-0.3, -0.25) is 0 Å². The maximum Gasteiger partial charge on any atom is 0.232 e. The molecule has 0 bridgehead atoms. The van der Waals surface area contributed by atoms with Crippen molar-refractivity contribution in [2.75, 3.05) is 5.75 Å². The monoisotopic (exact) mass is 244 g/mol. The molecule has 0 heterocycles. The van der Waals surface area contributed by atoms with E-state index in [4.69, 9.17) is 10.7 Å². The second-order valence-corrected chi connectivity index (χ2v) is 6.29. The second-order valence-electron chi connectivity index (χ2n) is 3.39. The topological polar surface area (TPSA) is 34.1 Å². The highest BCUT2D eigenvalue weighted by Crippen LogP contribution is 2.11. The van der Waals surface area contributed by atoms with Crippen LogP contribution in [0.5, 0.6) is 0 Å². The highest BCUT2D eigenvalue weighted by atomic mass is 35.7. The molecule has 0 saturated carbocycles. The van der Waals surface area contributed by atoms with Gasteiger partial charge in [0.05, 0.1) is 5.75 Å². The van der Waals surface area contributed by atoms with E-state index in [0.29, 0.717) is 6.42 Å². The van der Waals surface area contributed by atoms with Gasteiger partial charge in [0, 0.05) is 10.7 Å². The first kappa shape index (κ1) is 12.3. The van der Waals surface area contributed by atoms with E-state index >= 15 is 0 Å². The highest BCUT2D eigenvalue weighted by Gasteiger charge is 2.04. The Morgan fingerprint density at radius 3 is 2.47 bits per heavy atom. The molecule has 0 aliphatic carbocycles. The Morgan fingerprint density at radius 1 is 1.33 bits per heavy atom. The summed E-state index contributed by atoms with van der Waals surface area (Å²) in [5.41, 5.74) is 2.08. The Balaban J connectivity index is 2.62. The summed E-state index contributed by atoms with van der Waals surface area (Å²) in [4.78, 5) is 0. The van der Waals surface area contributed by atoms with E-state index in [1.165, 1.54) is 0 Å². The van der Waals surface area contributed by atoms with E-state index in [1.807, 2.05) is 43.3 Å². The summed E-state index contributed by atoms with van der Waals surface area (Å²) >= 11 is 0. The van der Waals surface area contributed by atoms with Gasteiger partial charge in [0.2, 0.25) is 9.05 Å². The van der Waals surface area contributed by atoms with Crippen LogP contribution in [0.3, 0.4) is 0 Å². The summed E-state index contributed by atoms with van der Waals surface area (Å²) in [6.45, 7) is 1.90. The molecule has 15 heavy (non-hydrogen) atoms. The molecule has 4 heteroatoms. The number of rotatable bonds is 4. The molecule has 0 spiro atoms. The van der Waals surface area contributed by atoms with Crippen molar-refractivity contribution in [3.63, 3.8) is 0 Å². The van der Waals surface area contributed by atoms with Crippen molar-refractivity contribution in [2.24, 2.45) is 0 Å². The van der Waals surface area contributed by atoms with Crippen molar-refractivity contribution in [1.82, 2.24) is 0 Å². The molecule has 1 aromatic carbocycles. The lowest BCUT2D eigenvalue weighted by Crippen LogP contribution is -1.97. The van der Waals surface area contributed by atoms with Gasteiger partial charge in [0.25, 0.3) is 0 Å². The number of allylic oxidation sites excluding steroid dienone is 1. The average Bonchev–Trinajstić information content (AvgIpc) is 2.15. The molecular weight excluding hydrogens is 232 g/mol. The molecule has 0 atom stereocenters. The van der Waals surface area contributed by atoms with E-state index in [9.17, 15) is 8.42 Å². The van der Waals surface area contributed by atoms with Crippen molar-refractivity contribution < 1.29 is 8.42 Å². The number of hydrogen-bond donors (Lipinski definition) is 0. The Kier molecular flexibility index (Phi) is 4.36. The van der Waals surface area contributed by atoms with Gasteiger partial charge >= 0.3 is 0 Å². The smallest absolute Gasteiger partial charge is 0.212 e.